The minimum Gasteiger partial charge on any atom is -0.504 e. The van der Waals surface area contributed by atoms with E-state index < -0.39 is 5.60 Å². The molecule has 0 aromatic heterocycles. The van der Waals surface area contributed by atoms with Gasteiger partial charge in [-0.25, -0.2) is 0 Å². The van der Waals surface area contributed by atoms with Crippen molar-refractivity contribution in [3.63, 3.8) is 0 Å². The summed E-state index contributed by atoms with van der Waals surface area (Å²) in [6.45, 7) is 12.7. The number of fused-ring (bicyclic) bond motifs is 1. The molecule has 2 N–H and O–H groups in total. The molecular weight excluding hydrogens is 414 g/mol. The summed E-state index contributed by atoms with van der Waals surface area (Å²) in [6.07, 6.45) is 6.15. The summed E-state index contributed by atoms with van der Waals surface area (Å²) in [5.74, 6) is 1.69. The third kappa shape index (κ3) is 3.52. The van der Waals surface area contributed by atoms with Gasteiger partial charge in [0.2, 0.25) is 0 Å². The van der Waals surface area contributed by atoms with Crippen LogP contribution in [0.2, 0.25) is 0 Å². The Labute approximate surface area is 199 Å². The predicted molar refractivity (Wildman–Crippen MR) is 130 cm³/mol. The van der Waals surface area contributed by atoms with E-state index in [0.29, 0.717) is 11.8 Å². The largest absolute Gasteiger partial charge is 0.504 e. The van der Waals surface area contributed by atoms with Crippen LogP contribution in [0.25, 0.3) is 0 Å². The first-order valence-corrected chi connectivity index (χ1v) is 13.0. The number of rotatable bonds is 7. The van der Waals surface area contributed by atoms with E-state index in [-0.39, 0.29) is 34.7 Å². The first kappa shape index (κ1) is 23.4. The quantitative estimate of drug-likeness (QED) is 0.624. The Hall–Kier alpha value is -1.30. The Bertz CT molecular complexity index is 902. The highest BCUT2D eigenvalue weighted by Gasteiger charge is 2.62. The van der Waals surface area contributed by atoms with Crippen molar-refractivity contribution in [1.82, 2.24) is 4.90 Å². The maximum atomic E-state index is 11.7. The number of methoxy groups -OCH3 is 1. The van der Waals surface area contributed by atoms with Crippen molar-refractivity contribution >= 4 is 0 Å². The molecule has 2 heterocycles. The van der Waals surface area contributed by atoms with Gasteiger partial charge < -0.3 is 19.7 Å². The van der Waals surface area contributed by atoms with E-state index >= 15 is 0 Å². The molecule has 2 aliphatic carbocycles. The molecule has 2 aliphatic heterocycles. The fraction of sp³-hybridized carbons (Fsp3) is 0.786. The standard InChI is InChI=1S/C28H43NO4/c1-7-20(27(5,31)26(2,3)4)23(32-6)25-28-12-13-29(16-17-8-9-17)19(15-28)14-18-10-11-21(30)24(33-25)22(18)28/h10-11,17,19-20,23,25,30-31H,7-9,12-16H2,1-6H3/t19?,20?,23?,25-,27?,28-/m0/s1. The number of phenolic OH excluding ortho intramolecular Hbond substituents is 1. The number of phenols is 1. The van der Waals surface area contributed by atoms with Crippen LogP contribution in [-0.2, 0) is 16.6 Å². The van der Waals surface area contributed by atoms with E-state index in [9.17, 15) is 10.2 Å². The van der Waals surface area contributed by atoms with Crippen LogP contribution in [0.4, 0.5) is 0 Å². The Morgan fingerprint density at radius 1 is 1.24 bits per heavy atom. The van der Waals surface area contributed by atoms with Gasteiger partial charge in [-0.2, -0.15) is 0 Å². The number of piperidine rings is 1. The van der Waals surface area contributed by atoms with Gasteiger partial charge in [0.25, 0.3) is 0 Å². The lowest BCUT2D eigenvalue weighted by Gasteiger charge is -2.54. The molecule has 2 bridgehead atoms. The lowest BCUT2D eigenvalue weighted by atomic mass is 9.58. The molecule has 1 saturated carbocycles. The van der Waals surface area contributed by atoms with E-state index in [2.05, 4.69) is 38.7 Å². The van der Waals surface area contributed by atoms with Gasteiger partial charge in [0.1, 0.15) is 12.2 Å². The minimum atomic E-state index is -0.928. The first-order valence-electron chi connectivity index (χ1n) is 13.0. The number of aliphatic hydroxyl groups is 1. The topological polar surface area (TPSA) is 62.2 Å². The zero-order chi connectivity index (χ0) is 23.8. The van der Waals surface area contributed by atoms with Crippen LogP contribution in [0.3, 0.4) is 0 Å². The number of aromatic hydroxyl groups is 1. The summed E-state index contributed by atoms with van der Waals surface area (Å²) in [6, 6.07) is 4.43. The van der Waals surface area contributed by atoms with Crippen LogP contribution in [0.5, 0.6) is 11.5 Å². The van der Waals surface area contributed by atoms with Gasteiger partial charge in [0, 0.05) is 36.6 Å². The average molecular weight is 458 g/mol. The highest BCUT2D eigenvalue weighted by molar-refractivity contribution is 5.59. The van der Waals surface area contributed by atoms with Crippen LogP contribution in [0, 0.1) is 17.3 Å². The van der Waals surface area contributed by atoms with Crippen molar-refractivity contribution in [2.45, 2.75) is 102 Å². The summed E-state index contributed by atoms with van der Waals surface area (Å²) >= 11 is 0. The van der Waals surface area contributed by atoms with Crippen molar-refractivity contribution in [2.75, 3.05) is 20.2 Å². The summed E-state index contributed by atoms with van der Waals surface area (Å²) in [4.78, 5) is 2.72. The Morgan fingerprint density at radius 3 is 2.58 bits per heavy atom. The molecule has 4 unspecified atom stereocenters. The predicted octanol–water partition coefficient (Wildman–Crippen LogP) is 4.66. The van der Waals surface area contributed by atoms with Crippen LogP contribution < -0.4 is 4.74 Å². The van der Waals surface area contributed by atoms with Crippen molar-refractivity contribution in [1.29, 1.82) is 0 Å². The Balaban J connectivity index is 1.56. The molecule has 5 rings (SSSR count). The monoisotopic (exact) mass is 457 g/mol. The number of nitrogens with zero attached hydrogens (tertiary/aromatic N) is 1. The normalized spacial score (nSPS) is 32.6. The van der Waals surface area contributed by atoms with Gasteiger partial charge in [-0.1, -0.05) is 33.8 Å². The number of ether oxygens (including phenoxy) is 2. The van der Waals surface area contributed by atoms with Crippen molar-refractivity contribution in [3.05, 3.63) is 23.3 Å². The molecule has 5 heteroatoms. The van der Waals surface area contributed by atoms with Crippen LogP contribution in [0.1, 0.15) is 77.8 Å². The second kappa shape index (κ2) is 7.86. The molecule has 0 radical (unpaired) electrons. The van der Waals surface area contributed by atoms with E-state index in [0.717, 1.165) is 38.1 Å². The van der Waals surface area contributed by atoms with Crippen molar-refractivity contribution in [3.8, 4) is 11.5 Å². The number of benzene rings is 1. The second-order valence-corrected chi connectivity index (χ2v) is 12.5. The first-order chi connectivity index (χ1) is 15.5. The average Bonchev–Trinajstić information content (AvgIpc) is 3.51. The third-order valence-corrected chi connectivity index (χ3v) is 9.76. The molecule has 184 valence electrons. The molecule has 2 fully saturated rings. The summed E-state index contributed by atoms with van der Waals surface area (Å²) in [5.41, 5.74) is 1.15. The van der Waals surface area contributed by atoms with E-state index in [4.69, 9.17) is 9.47 Å². The number of hydrogen-bond donors (Lipinski definition) is 2. The van der Waals surface area contributed by atoms with Gasteiger partial charge >= 0.3 is 0 Å². The summed E-state index contributed by atoms with van der Waals surface area (Å²) in [7, 11) is 1.76. The van der Waals surface area contributed by atoms with Gasteiger partial charge in [-0.3, -0.25) is 4.90 Å². The van der Waals surface area contributed by atoms with Gasteiger partial charge in [-0.05, 0) is 75.0 Å². The second-order valence-electron chi connectivity index (χ2n) is 12.5. The molecule has 6 atom stereocenters. The van der Waals surface area contributed by atoms with E-state index in [1.807, 2.05) is 6.92 Å². The van der Waals surface area contributed by atoms with Gasteiger partial charge in [0.05, 0.1) is 5.60 Å². The highest BCUT2D eigenvalue weighted by atomic mass is 16.5. The van der Waals surface area contributed by atoms with Crippen molar-refractivity contribution < 1.29 is 19.7 Å². The lowest BCUT2D eigenvalue weighted by Crippen LogP contribution is -2.62. The molecule has 0 amide bonds. The van der Waals surface area contributed by atoms with E-state index in [1.54, 1.807) is 13.2 Å². The van der Waals surface area contributed by atoms with Crippen LogP contribution in [-0.4, -0.2) is 59.2 Å². The molecular formula is C28H43NO4. The smallest absolute Gasteiger partial charge is 0.165 e. The summed E-state index contributed by atoms with van der Waals surface area (Å²) < 4.78 is 12.9. The molecule has 1 aromatic rings. The zero-order valence-electron chi connectivity index (χ0n) is 21.4. The molecule has 5 nitrogen and oxygen atoms in total. The lowest BCUT2D eigenvalue weighted by molar-refractivity contribution is -0.164. The molecule has 1 aromatic carbocycles. The van der Waals surface area contributed by atoms with Gasteiger partial charge in [-0.15, -0.1) is 0 Å². The molecule has 4 aliphatic rings. The maximum Gasteiger partial charge on any atom is 0.165 e. The molecule has 33 heavy (non-hydrogen) atoms. The van der Waals surface area contributed by atoms with Crippen molar-refractivity contribution in [2.24, 2.45) is 17.3 Å². The highest BCUT2D eigenvalue weighted by Crippen LogP contribution is 2.60. The van der Waals surface area contributed by atoms with Gasteiger partial charge in [0.15, 0.2) is 11.5 Å². The van der Waals surface area contributed by atoms with Crippen LogP contribution in [0.15, 0.2) is 12.1 Å². The molecule has 1 saturated heterocycles. The Kier molecular flexibility index (Phi) is 5.58. The minimum absolute atomic E-state index is 0.0911. The Morgan fingerprint density at radius 2 is 1.97 bits per heavy atom. The maximum absolute atomic E-state index is 11.7. The number of likely N-dealkylation sites (tertiary alicyclic amines) is 1. The zero-order valence-corrected chi connectivity index (χ0v) is 21.4. The van der Waals surface area contributed by atoms with E-state index in [1.165, 1.54) is 30.5 Å². The number of hydrogen-bond acceptors (Lipinski definition) is 5. The fourth-order valence-corrected chi connectivity index (χ4v) is 7.21. The fourth-order valence-electron chi connectivity index (χ4n) is 7.21. The molecule has 1 spiro atoms. The SMILES string of the molecule is CCC(C(OC)[C@@H]1Oc2c(O)ccc3c2[C@@]12CCN(CC1CC1)C(C3)C2)C(C)(O)C(C)(C)C. The van der Waals surface area contributed by atoms with Crippen LogP contribution >= 0.6 is 0 Å². The third-order valence-electron chi connectivity index (χ3n) is 9.76. The summed E-state index contributed by atoms with van der Waals surface area (Å²) in [5, 5.41) is 22.5.